The van der Waals surface area contributed by atoms with Crippen molar-refractivity contribution in [1.82, 2.24) is 19.6 Å². The van der Waals surface area contributed by atoms with Crippen LogP contribution >= 0.6 is 0 Å². The first-order valence-corrected chi connectivity index (χ1v) is 13.1. The van der Waals surface area contributed by atoms with E-state index in [9.17, 15) is 13.6 Å². The van der Waals surface area contributed by atoms with Crippen molar-refractivity contribution in [2.45, 2.75) is 44.8 Å². The van der Waals surface area contributed by atoms with Gasteiger partial charge in [0.1, 0.15) is 28.5 Å². The molecular formula is C28H31F2N5O4. The van der Waals surface area contributed by atoms with Crippen LogP contribution < -0.4 is 19.5 Å². The van der Waals surface area contributed by atoms with Crippen LogP contribution in [-0.2, 0) is 0 Å². The fraction of sp³-hybridized carbons (Fsp3) is 0.464. The predicted molar refractivity (Wildman–Crippen MR) is 139 cm³/mol. The molecule has 2 aromatic heterocycles. The van der Waals surface area contributed by atoms with Crippen LogP contribution in [0, 0.1) is 17.2 Å². The van der Waals surface area contributed by atoms with Gasteiger partial charge in [-0.25, -0.2) is 4.98 Å². The Bertz CT molecular complexity index is 1370. The van der Waals surface area contributed by atoms with Crippen molar-refractivity contribution in [2.75, 3.05) is 33.4 Å². The maximum atomic E-state index is 13.3. The van der Waals surface area contributed by atoms with Gasteiger partial charge in [0.15, 0.2) is 0 Å². The molecule has 206 valence electrons. The molecule has 1 aromatic carbocycles. The Morgan fingerprint density at radius 2 is 2.08 bits per heavy atom. The van der Waals surface area contributed by atoms with Gasteiger partial charge in [-0.3, -0.25) is 9.20 Å². The zero-order valence-corrected chi connectivity index (χ0v) is 21.7. The zero-order chi connectivity index (χ0) is 27.4. The fourth-order valence-corrected chi connectivity index (χ4v) is 4.97. The van der Waals surface area contributed by atoms with Crippen LogP contribution in [0.15, 0.2) is 36.7 Å². The van der Waals surface area contributed by atoms with Crippen molar-refractivity contribution in [3.05, 3.63) is 42.2 Å². The van der Waals surface area contributed by atoms with Gasteiger partial charge in [-0.2, -0.15) is 14.0 Å². The van der Waals surface area contributed by atoms with Crippen LogP contribution in [0.5, 0.6) is 17.2 Å². The third kappa shape index (κ3) is 6.40. The number of amides is 1. The molecule has 3 aromatic rings. The smallest absolute Gasteiger partial charge is 0.387 e. The van der Waals surface area contributed by atoms with Crippen LogP contribution in [0.3, 0.4) is 0 Å². The van der Waals surface area contributed by atoms with Gasteiger partial charge in [0.05, 0.1) is 31.7 Å². The van der Waals surface area contributed by atoms with E-state index in [0.29, 0.717) is 41.6 Å². The molecule has 11 heteroatoms. The Morgan fingerprint density at radius 3 is 2.82 bits per heavy atom. The van der Waals surface area contributed by atoms with Gasteiger partial charge < -0.3 is 24.4 Å². The summed E-state index contributed by atoms with van der Waals surface area (Å²) in [6, 6.07) is 8.93. The maximum Gasteiger partial charge on any atom is 0.387 e. The first kappa shape index (κ1) is 26.7. The Kier molecular flexibility index (Phi) is 8.12. The van der Waals surface area contributed by atoms with E-state index in [1.807, 2.05) is 16.5 Å². The first-order valence-electron chi connectivity index (χ1n) is 13.1. The second kappa shape index (κ2) is 11.9. The number of imidazole rings is 1. The molecule has 9 nitrogen and oxygen atoms in total. The number of rotatable bonds is 11. The number of fused-ring (bicyclic) bond motifs is 1. The first-order chi connectivity index (χ1) is 18.9. The van der Waals surface area contributed by atoms with Gasteiger partial charge in [-0.15, -0.1) is 0 Å². The minimum absolute atomic E-state index is 0.0390. The van der Waals surface area contributed by atoms with E-state index in [-0.39, 0.29) is 23.1 Å². The van der Waals surface area contributed by atoms with E-state index in [4.69, 9.17) is 19.5 Å². The number of hydrogen-bond donors (Lipinski definition) is 1. The highest BCUT2D eigenvalue weighted by molar-refractivity contribution is 6.01. The third-order valence-electron chi connectivity index (χ3n) is 7.05. The second-order valence-corrected chi connectivity index (χ2v) is 9.94. The van der Waals surface area contributed by atoms with Crippen LogP contribution in [0.4, 0.5) is 8.78 Å². The number of alkyl halides is 2. The number of halogens is 2. The average molecular weight is 540 g/mol. The largest absolute Gasteiger partial charge is 0.496 e. The number of benzene rings is 1. The standard InChI is InChI=1S/C28H31F2N5O4/c1-37-23-12-19(13-24(39-28(29)30)26(23)27(36)33-20-5-6-20)22-15-32-25-14-21(7-11-35(22)25)38-17-18-4-2-9-34(16-18)10-3-8-31/h7,11-15,18,20,28H,2-6,9-10,16-17H2,1H3,(H,33,36)/t18-/m0/s1. The fourth-order valence-electron chi connectivity index (χ4n) is 4.97. The highest BCUT2D eigenvalue weighted by Gasteiger charge is 2.29. The highest BCUT2D eigenvalue weighted by atomic mass is 19.3. The van der Waals surface area contributed by atoms with Crippen molar-refractivity contribution in [1.29, 1.82) is 5.26 Å². The molecule has 1 N–H and O–H groups in total. The summed E-state index contributed by atoms with van der Waals surface area (Å²) in [5.41, 5.74) is 1.68. The molecule has 1 aliphatic heterocycles. The van der Waals surface area contributed by atoms with E-state index in [1.54, 1.807) is 18.5 Å². The lowest BCUT2D eigenvalue weighted by Crippen LogP contribution is -2.38. The van der Waals surface area contributed by atoms with Crippen LogP contribution in [0.2, 0.25) is 0 Å². The van der Waals surface area contributed by atoms with E-state index in [2.05, 4.69) is 21.3 Å². The molecule has 1 atom stereocenters. The minimum atomic E-state index is -3.11. The molecule has 0 bridgehead atoms. The monoisotopic (exact) mass is 539 g/mol. The van der Waals surface area contributed by atoms with Gasteiger partial charge in [-0.1, -0.05) is 0 Å². The summed E-state index contributed by atoms with van der Waals surface area (Å²) in [6.07, 6.45) is 7.84. The number of likely N-dealkylation sites (tertiary alicyclic amines) is 1. The molecular weight excluding hydrogens is 508 g/mol. The van der Waals surface area contributed by atoms with E-state index < -0.39 is 12.5 Å². The number of hydrogen-bond acceptors (Lipinski definition) is 7. The lowest BCUT2D eigenvalue weighted by Gasteiger charge is -2.32. The van der Waals surface area contributed by atoms with Crippen molar-refractivity contribution in [3.63, 3.8) is 0 Å². The molecule has 1 aliphatic carbocycles. The number of methoxy groups -OCH3 is 1. The number of carbonyl (C=O) groups is 1. The van der Waals surface area contributed by atoms with Crippen molar-refractivity contribution >= 4 is 11.6 Å². The lowest BCUT2D eigenvalue weighted by atomic mass is 9.99. The van der Waals surface area contributed by atoms with E-state index in [0.717, 1.165) is 45.3 Å². The summed E-state index contributed by atoms with van der Waals surface area (Å²) in [4.78, 5) is 19.6. The molecule has 2 fully saturated rings. The van der Waals surface area contributed by atoms with Gasteiger partial charge in [0.2, 0.25) is 0 Å². The quantitative estimate of drug-likeness (QED) is 0.383. The maximum absolute atomic E-state index is 13.3. The number of ether oxygens (including phenoxy) is 3. The van der Waals surface area contributed by atoms with Crippen molar-refractivity contribution in [3.8, 4) is 34.6 Å². The third-order valence-corrected chi connectivity index (χ3v) is 7.05. The minimum Gasteiger partial charge on any atom is -0.496 e. The summed E-state index contributed by atoms with van der Waals surface area (Å²) in [5.74, 6) is 0.430. The lowest BCUT2D eigenvalue weighted by molar-refractivity contribution is -0.0502. The van der Waals surface area contributed by atoms with Crippen LogP contribution in [0.25, 0.3) is 16.9 Å². The van der Waals surface area contributed by atoms with E-state index >= 15 is 0 Å². The topological polar surface area (TPSA) is 101 Å². The zero-order valence-electron chi connectivity index (χ0n) is 21.7. The molecule has 1 saturated heterocycles. The predicted octanol–water partition coefficient (Wildman–Crippen LogP) is 4.51. The Hall–Kier alpha value is -3.91. The molecule has 1 amide bonds. The highest BCUT2D eigenvalue weighted by Crippen LogP contribution is 2.37. The number of nitrogens with zero attached hydrogens (tertiary/aromatic N) is 4. The van der Waals surface area contributed by atoms with Gasteiger partial charge in [0.25, 0.3) is 5.91 Å². The number of pyridine rings is 1. The van der Waals surface area contributed by atoms with Crippen LogP contribution in [-0.4, -0.2) is 66.2 Å². The number of nitriles is 1. The summed E-state index contributed by atoms with van der Waals surface area (Å²) < 4.78 is 44.7. The SMILES string of the molecule is COc1cc(-c2cnc3cc(OC[C@H]4CCCN(CCC#N)C4)ccn23)cc(OC(F)F)c1C(=O)NC1CC1. The molecule has 39 heavy (non-hydrogen) atoms. The second-order valence-electron chi connectivity index (χ2n) is 9.94. The number of piperidine rings is 1. The molecule has 0 unspecified atom stereocenters. The summed E-state index contributed by atoms with van der Waals surface area (Å²) in [5, 5.41) is 11.7. The molecule has 0 radical (unpaired) electrons. The molecule has 2 aliphatic rings. The summed E-state index contributed by atoms with van der Waals surface area (Å²) >= 11 is 0. The van der Waals surface area contributed by atoms with Crippen LogP contribution in [0.1, 0.15) is 42.5 Å². The normalized spacial score (nSPS) is 17.7. The van der Waals surface area contributed by atoms with Crippen molar-refractivity contribution in [2.24, 2.45) is 5.92 Å². The molecule has 3 heterocycles. The van der Waals surface area contributed by atoms with Crippen molar-refractivity contribution < 1.29 is 27.8 Å². The van der Waals surface area contributed by atoms with Gasteiger partial charge in [-0.05, 0) is 50.4 Å². The number of nitrogens with one attached hydrogen (secondary N) is 1. The molecule has 5 rings (SSSR count). The van der Waals surface area contributed by atoms with Gasteiger partial charge >= 0.3 is 6.61 Å². The summed E-state index contributed by atoms with van der Waals surface area (Å²) in [7, 11) is 1.38. The number of carbonyl (C=O) groups excluding carboxylic acids is 1. The van der Waals surface area contributed by atoms with E-state index in [1.165, 1.54) is 13.2 Å². The van der Waals surface area contributed by atoms with Gasteiger partial charge in [0, 0.05) is 49.3 Å². The average Bonchev–Trinajstić information content (AvgIpc) is 3.64. The molecule has 1 saturated carbocycles. The Balaban J connectivity index is 1.36. The Morgan fingerprint density at radius 1 is 1.26 bits per heavy atom. The molecule has 0 spiro atoms. The summed E-state index contributed by atoms with van der Waals surface area (Å²) in [6.45, 7) is 0.181. The Labute approximate surface area is 225 Å². The number of aromatic nitrogens is 2.